The van der Waals surface area contributed by atoms with Crippen molar-refractivity contribution in [3.63, 3.8) is 0 Å². The molecule has 5 heteroatoms. The molecule has 0 saturated carbocycles. The van der Waals surface area contributed by atoms with E-state index in [-0.39, 0.29) is 0 Å². The molecule has 15 heavy (non-hydrogen) atoms. The second-order valence-electron chi connectivity index (χ2n) is 4.23. The zero-order valence-corrected chi connectivity index (χ0v) is 9.73. The van der Waals surface area contributed by atoms with Crippen LogP contribution in [-0.4, -0.2) is 35.2 Å². The minimum absolute atomic E-state index is 0.553. The first kappa shape index (κ1) is 12.1. The van der Waals surface area contributed by atoms with Crippen LogP contribution in [0.1, 0.15) is 25.6 Å². The van der Waals surface area contributed by atoms with E-state index in [4.69, 9.17) is 10.3 Å². The monoisotopic (exact) mass is 212 g/mol. The highest BCUT2D eigenvalue weighted by molar-refractivity contribution is 4.87. The van der Waals surface area contributed by atoms with Gasteiger partial charge in [0.2, 0.25) is 5.89 Å². The van der Waals surface area contributed by atoms with Gasteiger partial charge < -0.3 is 10.3 Å². The van der Waals surface area contributed by atoms with Crippen LogP contribution in [0, 0.1) is 5.92 Å². The maximum absolute atomic E-state index is 5.45. The van der Waals surface area contributed by atoms with Gasteiger partial charge in [-0.15, -0.1) is 0 Å². The molecule has 0 aliphatic carbocycles. The molecule has 0 atom stereocenters. The van der Waals surface area contributed by atoms with Crippen LogP contribution in [0.2, 0.25) is 0 Å². The van der Waals surface area contributed by atoms with Crippen LogP contribution < -0.4 is 5.73 Å². The number of hydrogen-bond acceptors (Lipinski definition) is 5. The molecule has 1 aromatic rings. The number of nitrogens with two attached hydrogens (primary N) is 1. The van der Waals surface area contributed by atoms with E-state index in [1.165, 1.54) is 0 Å². The van der Waals surface area contributed by atoms with Crippen molar-refractivity contribution in [1.82, 2.24) is 15.0 Å². The summed E-state index contributed by atoms with van der Waals surface area (Å²) in [6.45, 7) is 6.42. The molecule has 1 heterocycles. The summed E-state index contributed by atoms with van der Waals surface area (Å²) in [6.07, 6.45) is 0.865. The van der Waals surface area contributed by atoms with Gasteiger partial charge in [-0.3, -0.25) is 4.90 Å². The molecule has 1 aromatic heterocycles. The lowest BCUT2D eigenvalue weighted by Gasteiger charge is -2.11. The average molecular weight is 212 g/mol. The van der Waals surface area contributed by atoms with Gasteiger partial charge in [-0.2, -0.15) is 4.98 Å². The lowest BCUT2D eigenvalue weighted by molar-refractivity contribution is 0.271. The van der Waals surface area contributed by atoms with Crippen molar-refractivity contribution in [2.24, 2.45) is 11.7 Å². The summed E-state index contributed by atoms with van der Waals surface area (Å²) in [6, 6.07) is 0. The Labute approximate surface area is 90.6 Å². The third-order valence-corrected chi connectivity index (χ3v) is 2.02. The summed E-state index contributed by atoms with van der Waals surface area (Å²) < 4.78 is 5.14. The molecule has 0 bridgehead atoms. The predicted molar refractivity (Wildman–Crippen MR) is 58.2 cm³/mol. The van der Waals surface area contributed by atoms with Gasteiger partial charge >= 0.3 is 0 Å². The zero-order valence-electron chi connectivity index (χ0n) is 9.73. The van der Waals surface area contributed by atoms with Crippen LogP contribution in [0.25, 0.3) is 0 Å². The average Bonchev–Trinajstić information content (AvgIpc) is 2.51. The molecule has 0 saturated heterocycles. The Balaban J connectivity index is 2.45. The van der Waals surface area contributed by atoms with Crippen LogP contribution in [0.15, 0.2) is 4.52 Å². The van der Waals surface area contributed by atoms with E-state index < -0.39 is 0 Å². The molecule has 0 spiro atoms. The first-order valence-electron chi connectivity index (χ1n) is 5.32. The van der Waals surface area contributed by atoms with E-state index in [1.807, 2.05) is 7.05 Å². The second-order valence-corrected chi connectivity index (χ2v) is 4.23. The topological polar surface area (TPSA) is 68.2 Å². The third kappa shape index (κ3) is 4.40. The van der Waals surface area contributed by atoms with Crippen molar-refractivity contribution >= 4 is 0 Å². The van der Waals surface area contributed by atoms with Crippen molar-refractivity contribution in [3.8, 4) is 0 Å². The summed E-state index contributed by atoms with van der Waals surface area (Å²) >= 11 is 0. The number of hydrogen-bond donors (Lipinski definition) is 1. The molecule has 0 radical (unpaired) electrons. The van der Waals surface area contributed by atoms with Gasteiger partial charge in [-0.25, -0.2) is 0 Å². The van der Waals surface area contributed by atoms with E-state index >= 15 is 0 Å². The fourth-order valence-corrected chi connectivity index (χ4v) is 1.33. The summed E-state index contributed by atoms with van der Waals surface area (Å²) in [4.78, 5) is 6.37. The molecule has 0 aliphatic heterocycles. The van der Waals surface area contributed by atoms with Gasteiger partial charge in [0.15, 0.2) is 5.82 Å². The number of likely N-dealkylation sites (N-methyl/N-ethyl adjacent to an activating group) is 1. The highest BCUT2D eigenvalue weighted by Gasteiger charge is 2.09. The van der Waals surface area contributed by atoms with Crippen molar-refractivity contribution in [3.05, 3.63) is 11.7 Å². The fraction of sp³-hybridized carbons (Fsp3) is 0.800. The first-order chi connectivity index (χ1) is 7.11. The highest BCUT2D eigenvalue weighted by Crippen LogP contribution is 2.05. The van der Waals surface area contributed by atoms with Gasteiger partial charge in [-0.1, -0.05) is 19.0 Å². The molecule has 1 rings (SSSR count). The van der Waals surface area contributed by atoms with Crippen LogP contribution in [0.5, 0.6) is 0 Å². The van der Waals surface area contributed by atoms with Gasteiger partial charge in [0.1, 0.15) is 0 Å². The van der Waals surface area contributed by atoms with Gasteiger partial charge in [0.25, 0.3) is 0 Å². The van der Waals surface area contributed by atoms with Crippen molar-refractivity contribution in [2.75, 3.05) is 20.1 Å². The van der Waals surface area contributed by atoms with Crippen molar-refractivity contribution < 1.29 is 4.52 Å². The minimum atomic E-state index is 0.553. The molecule has 0 amide bonds. The molecular formula is C10H20N4O. The molecule has 0 aromatic carbocycles. The Morgan fingerprint density at radius 3 is 2.80 bits per heavy atom. The second kappa shape index (κ2) is 5.82. The third-order valence-electron chi connectivity index (χ3n) is 2.02. The van der Waals surface area contributed by atoms with Crippen LogP contribution in [0.3, 0.4) is 0 Å². The van der Waals surface area contributed by atoms with Crippen molar-refractivity contribution in [1.29, 1.82) is 0 Å². The smallest absolute Gasteiger partial charge is 0.240 e. The fourth-order valence-electron chi connectivity index (χ4n) is 1.33. The highest BCUT2D eigenvalue weighted by atomic mass is 16.5. The van der Waals surface area contributed by atoms with Crippen LogP contribution in [0.4, 0.5) is 0 Å². The number of nitrogens with zero attached hydrogens (tertiary/aromatic N) is 3. The Kier molecular flexibility index (Phi) is 4.71. The molecule has 0 fully saturated rings. The Hall–Kier alpha value is -0.940. The van der Waals surface area contributed by atoms with Crippen molar-refractivity contribution in [2.45, 2.75) is 26.8 Å². The maximum atomic E-state index is 5.45. The normalized spacial score (nSPS) is 11.6. The molecule has 2 N–H and O–H groups in total. The first-order valence-corrected chi connectivity index (χ1v) is 5.32. The number of rotatable bonds is 6. The molecule has 5 nitrogen and oxygen atoms in total. The molecule has 0 unspecified atom stereocenters. The van der Waals surface area contributed by atoms with E-state index in [2.05, 4.69) is 28.9 Å². The van der Waals surface area contributed by atoms with E-state index in [1.54, 1.807) is 0 Å². The maximum Gasteiger partial charge on any atom is 0.240 e. The summed E-state index contributed by atoms with van der Waals surface area (Å²) in [5.74, 6) is 2.01. The summed E-state index contributed by atoms with van der Waals surface area (Å²) in [5.41, 5.74) is 5.45. The Morgan fingerprint density at radius 2 is 2.20 bits per heavy atom. The SMILES string of the molecule is CC(C)Cc1noc(CN(C)CCN)n1. The molecule has 86 valence electrons. The molecular weight excluding hydrogens is 192 g/mol. The Morgan fingerprint density at radius 1 is 1.47 bits per heavy atom. The quantitative estimate of drug-likeness (QED) is 0.750. The standard InChI is InChI=1S/C10H20N4O/c1-8(2)6-9-12-10(15-13-9)7-14(3)5-4-11/h8H,4-7,11H2,1-3H3. The van der Waals surface area contributed by atoms with Gasteiger partial charge in [0, 0.05) is 19.5 Å². The van der Waals surface area contributed by atoms with E-state index in [0.717, 1.165) is 18.8 Å². The predicted octanol–water partition coefficient (Wildman–Crippen LogP) is 0.659. The zero-order chi connectivity index (χ0) is 11.3. The lowest BCUT2D eigenvalue weighted by atomic mass is 10.1. The lowest BCUT2D eigenvalue weighted by Crippen LogP contribution is -2.25. The summed E-state index contributed by atoms with van der Waals surface area (Å²) in [5, 5.41) is 3.93. The van der Waals surface area contributed by atoms with Gasteiger partial charge in [-0.05, 0) is 13.0 Å². The van der Waals surface area contributed by atoms with Crippen LogP contribution >= 0.6 is 0 Å². The Bertz CT molecular complexity index is 285. The van der Waals surface area contributed by atoms with Crippen LogP contribution in [-0.2, 0) is 13.0 Å². The van der Waals surface area contributed by atoms with E-state index in [0.29, 0.717) is 24.9 Å². The molecule has 0 aliphatic rings. The minimum Gasteiger partial charge on any atom is -0.338 e. The van der Waals surface area contributed by atoms with E-state index in [9.17, 15) is 0 Å². The number of aromatic nitrogens is 2. The van der Waals surface area contributed by atoms with Gasteiger partial charge in [0.05, 0.1) is 6.54 Å². The summed E-state index contributed by atoms with van der Waals surface area (Å²) in [7, 11) is 1.99. The largest absolute Gasteiger partial charge is 0.338 e.